The van der Waals surface area contributed by atoms with Crippen LogP contribution in [-0.2, 0) is 0 Å². The number of anilines is 1. The van der Waals surface area contributed by atoms with Gasteiger partial charge in [-0.1, -0.05) is 36.4 Å². The van der Waals surface area contributed by atoms with E-state index in [1.54, 1.807) is 6.07 Å². The minimum absolute atomic E-state index is 0.129. The van der Waals surface area contributed by atoms with Gasteiger partial charge in [-0.25, -0.2) is 0 Å². The lowest BCUT2D eigenvalue weighted by Gasteiger charge is -2.08. The van der Waals surface area contributed by atoms with Crippen molar-refractivity contribution in [1.29, 1.82) is 0 Å². The Hall–Kier alpha value is -2.24. The molecule has 0 aliphatic carbocycles. The number of para-hydroxylation sites is 1. The third-order valence-electron chi connectivity index (χ3n) is 2.66. The highest BCUT2D eigenvalue weighted by Gasteiger charge is 2.05. The predicted octanol–water partition coefficient (Wildman–Crippen LogP) is 5.04. The second kappa shape index (κ2) is 7.15. The maximum atomic E-state index is 5.95. The van der Waals surface area contributed by atoms with Crippen LogP contribution < -0.4 is 9.46 Å². The van der Waals surface area contributed by atoms with Gasteiger partial charge in [0.1, 0.15) is 11.6 Å². The topological polar surface area (TPSA) is 47.0 Å². The van der Waals surface area contributed by atoms with Crippen LogP contribution in [0, 0.1) is 0 Å². The first-order chi connectivity index (χ1) is 10.8. The number of nitrogens with one attached hydrogen (secondary N) is 1. The van der Waals surface area contributed by atoms with Gasteiger partial charge in [0.15, 0.2) is 0 Å². The largest absolute Gasteiger partial charge is 0.439 e. The molecule has 6 heteroatoms. The minimum Gasteiger partial charge on any atom is -0.439 e. The molecule has 0 amide bonds. The van der Waals surface area contributed by atoms with Crippen molar-refractivity contribution in [1.82, 2.24) is 9.97 Å². The lowest BCUT2D eigenvalue weighted by Crippen LogP contribution is -1.95. The molecule has 1 heterocycles. The summed E-state index contributed by atoms with van der Waals surface area (Å²) in [6.07, 6.45) is 0. The second-order valence-corrected chi connectivity index (χ2v) is 5.51. The van der Waals surface area contributed by atoms with Crippen molar-refractivity contribution in [3.63, 3.8) is 0 Å². The van der Waals surface area contributed by atoms with Crippen molar-refractivity contribution < 1.29 is 4.74 Å². The van der Waals surface area contributed by atoms with E-state index < -0.39 is 0 Å². The van der Waals surface area contributed by atoms with Gasteiger partial charge in [0.25, 0.3) is 0 Å². The van der Waals surface area contributed by atoms with Crippen LogP contribution in [0.15, 0.2) is 71.6 Å². The lowest BCUT2D eigenvalue weighted by molar-refractivity contribution is 0.462. The minimum atomic E-state index is 0.129. The number of ether oxygens (including phenoxy) is 1. The number of halogens is 1. The van der Waals surface area contributed by atoms with Crippen LogP contribution >= 0.6 is 23.5 Å². The monoisotopic (exact) mass is 329 g/mol. The molecular formula is C16H12ClN3OS. The van der Waals surface area contributed by atoms with Crippen molar-refractivity contribution >= 4 is 29.4 Å². The van der Waals surface area contributed by atoms with E-state index >= 15 is 0 Å². The molecule has 0 atom stereocenters. The molecule has 0 saturated carbocycles. The van der Waals surface area contributed by atoms with Crippen LogP contribution in [0.3, 0.4) is 0 Å². The van der Waals surface area contributed by atoms with E-state index in [4.69, 9.17) is 16.3 Å². The first-order valence-electron chi connectivity index (χ1n) is 6.55. The molecule has 0 spiro atoms. The van der Waals surface area contributed by atoms with E-state index in [0.717, 1.165) is 4.90 Å². The Labute approximate surface area is 137 Å². The summed E-state index contributed by atoms with van der Waals surface area (Å²) in [6, 6.07) is 21.0. The molecule has 1 N–H and O–H groups in total. The van der Waals surface area contributed by atoms with Gasteiger partial charge in [-0.2, -0.15) is 9.97 Å². The van der Waals surface area contributed by atoms with Crippen molar-refractivity contribution in [2.24, 2.45) is 0 Å². The van der Waals surface area contributed by atoms with E-state index in [0.29, 0.717) is 17.4 Å². The van der Waals surface area contributed by atoms with Gasteiger partial charge >= 0.3 is 0 Å². The summed E-state index contributed by atoms with van der Waals surface area (Å²) < 4.78 is 8.80. The number of benzene rings is 2. The van der Waals surface area contributed by atoms with Crippen molar-refractivity contribution in [3.8, 4) is 11.6 Å². The van der Waals surface area contributed by atoms with Gasteiger partial charge in [-0.05, 0) is 47.8 Å². The highest BCUT2D eigenvalue weighted by Crippen LogP contribution is 2.25. The van der Waals surface area contributed by atoms with Gasteiger partial charge in [-0.15, -0.1) is 0 Å². The summed E-state index contributed by atoms with van der Waals surface area (Å²) in [4.78, 5) is 9.27. The molecule has 1 aromatic heterocycles. The average molecular weight is 330 g/mol. The van der Waals surface area contributed by atoms with E-state index in [9.17, 15) is 0 Å². The van der Waals surface area contributed by atoms with Crippen LogP contribution in [0.25, 0.3) is 0 Å². The molecular weight excluding hydrogens is 318 g/mol. The van der Waals surface area contributed by atoms with Gasteiger partial charge in [-0.3, -0.25) is 0 Å². The molecule has 4 nitrogen and oxygen atoms in total. The fourth-order valence-electron chi connectivity index (χ4n) is 1.71. The standard InChI is InChI=1S/C16H12ClN3OS/c17-16-18-14(20-22-13-9-5-2-6-10-13)11-15(19-16)21-12-7-3-1-4-8-12/h1-11H,(H,18,19,20). The van der Waals surface area contributed by atoms with Gasteiger partial charge in [0.2, 0.25) is 11.2 Å². The second-order valence-electron chi connectivity index (χ2n) is 4.29. The summed E-state index contributed by atoms with van der Waals surface area (Å²) in [5, 5.41) is 0.129. The van der Waals surface area contributed by atoms with E-state index in [-0.39, 0.29) is 5.28 Å². The molecule has 2 aromatic carbocycles. The van der Waals surface area contributed by atoms with E-state index in [2.05, 4.69) is 14.7 Å². The molecule has 0 radical (unpaired) electrons. The summed E-state index contributed by atoms with van der Waals surface area (Å²) in [5.74, 6) is 1.67. The van der Waals surface area contributed by atoms with Crippen LogP contribution in [0.4, 0.5) is 5.82 Å². The molecule has 110 valence electrons. The molecule has 0 unspecified atom stereocenters. The quantitative estimate of drug-likeness (QED) is 0.524. The highest BCUT2D eigenvalue weighted by molar-refractivity contribution is 8.00. The SMILES string of the molecule is Clc1nc(NSc2ccccc2)cc(Oc2ccccc2)n1. The van der Waals surface area contributed by atoms with Gasteiger partial charge < -0.3 is 9.46 Å². The smallest absolute Gasteiger partial charge is 0.227 e. The first-order valence-corrected chi connectivity index (χ1v) is 7.74. The number of hydrogen-bond donors (Lipinski definition) is 1. The van der Waals surface area contributed by atoms with Crippen LogP contribution in [0.2, 0.25) is 5.28 Å². The van der Waals surface area contributed by atoms with Crippen LogP contribution in [0.5, 0.6) is 11.6 Å². The van der Waals surface area contributed by atoms with Crippen molar-refractivity contribution in [2.75, 3.05) is 4.72 Å². The fraction of sp³-hybridized carbons (Fsp3) is 0. The Morgan fingerprint density at radius 1 is 0.909 bits per heavy atom. The van der Waals surface area contributed by atoms with E-state index in [1.807, 2.05) is 60.7 Å². The zero-order valence-corrected chi connectivity index (χ0v) is 13.0. The normalized spacial score (nSPS) is 10.2. The number of aromatic nitrogens is 2. The highest BCUT2D eigenvalue weighted by atomic mass is 35.5. The Morgan fingerprint density at radius 2 is 1.59 bits per heavy atom. The van der Waals surface area contributed by atoms with E-state index in [1.165, 1.54) is 11.9 Å². The zero-order chi connectivity index (χ0) is 15.2. The molecule has 3 rings (SSSR count). The summed E-state index contributed by atoms with van der Waals surface area (Å²) >= 11 is 7.39. The van der Waals surface area contributed by atoms with Gasteiger partial charge in [0.05, 0.1) is 0 Å². The van der Waals surface area contributed by atoms with Gasteiger partial charge in [0, 0.05) is 11.0 Å². The molecule has 0 aliphatic heterocycles. The number of hydrogen-bond acceptors (Lipinski definition) is 5. The maximum Gasteiger partial charge on any atom is 0.227 e. The molecule has 0 bridgehead atoms. The number of rotatable bonds is 5. The Balaban J connectivity index is 1.72. The molecule has 22 heavy (non-hydrogen) atoms. The molecule has 3 aromatic rings. The third-order valence-corrected chi connectivity index (χ3v) is 3.65. The van der Waals surface area contributed by atoms with Crippen molar-refractivity contribution in [2.45, 2.75) is 4.90 Å². The maximum absolute atomic E-state index is 5.95. The molecule has 0 saturated heterocycles. The summed E-state index contributed by atoms with van der Waals surface area (Å²) in [6.45, 7) is 0. The Bertz CT molecular complexity index is 741. The van der Waals surface area contributed by atoms with Crippen molar-refractivity contribution in [3.05, 3.63) is 72.0 Å². The number of nitrogens with zero attached hydrogens (tertiary/aromatic N) is 2. The zero-order valence-electron chi connectivity index (χ0n) is 11.4. The lowest BCUT2D eigenvalue weighted by atomic mass is 10.3. The third kappa shape index (κ3) is 4.13. The van der Waals surface area contributed by atoms with Crippen LogP contribution in [0.1, 0.15) is 0 Å². The average Bonchev–Trinajstić information content (AvgIpc) is 2.54. The van der Waals surface area contributed by atoms with Crippen LogP contribution in [-0.4, -0.2) is 9.97 Å². The first kappa shape index (κ1) is 14.7. The Morgan fingerprint density at radius 3 is 2.32 bits per heavy atom. The fourth-order valence-corrected chi connectivity index (χ4v) is 2.50. The molecule has 0 aliphatic rings. The summed E-state index contributed by atoms with van der Waals surface area (Å²) in [5.41, 5.74) is 0. The molecule has 0 fully saturated rings. The Kier molecular flexibility index (Phi) is 4.78. The predicted molar refractivity (Wildman–Crippen MR) is 89.5 cm³/mol. The summed E-state index contributed by atoms with van der Waals surface area (Å²) in [7, 11) is 0.